The highest BCUT2D eigenvalue weighted by atomic mass is 32.2. The van der Waals surface area contributed by atoms with Crippen molar-refractivity contribution in [1.29, 1.82) is 0 Å². The number of allylic oxidation sites excluding steroid dienone is 1. The molecule has 2 aromatic rings. The zero-order valence-electron chi connectivity index (χ0n) is 33.4. The number of carbonyl (C=O) groups is 4. The SMILES string of the molecule is CCOc1nnc(OC2CC3C(=O)NC4(C(=O)NS(=O)(=O)C5(C)CC5)CC4C=CCCC(C)CC(C)C(NC(=O)OC(C)(C)C(F)(F)F)C(=O)N3C2)c2ccccc12. The minimum atomic E-state index is -4.92. The maximum atomic E-state index is 14.7. The summed E-state index contributed by atoms with van der Waals surface area (Å²) >= 11 is 0. The Hall–Kier alpha value is -4.68. The van der Waals surface area contributed by atoms with Crippen LogP contribution in [0.4, 0.5) is 18.0 Å². The van der Waals surface area contributed by atoms with E-state index in [4.69, 9.17) is 14.2 Å². The number of sulfonamides is 1. The van der Waals surface area contributed by atoms with E-state index >= 15 is 0 Å². The number of fused-ring (bicyclic) bond motifs is 3. The van der Waals surface area contributed by atoms with Gasteiger partial charge in [-0.15, -0.1) is 10.2 Å². The summed E-state index contributed by atoms with van der Waals surface area (Å²) in [5, 5.41) is 14.7. The summed E-state index contributed by atoms with van der Waals surface area (Å²) in [5.41, 5.74) is -4.54. The average Bonchev–Trinajstić information content (AvgIpc) is 4.02. The van der Waals surface area contributed by atoms with Crippen molar-refractivity contribution >= 4 is 44.6 Å². The fraction of sp³-hybridized carbons (Fsp3) is 0.641. The van der Waals surface area contributed by atoms with E-state index < -0.39 is 85.9 Å². The molecule has 2 saturated carbocycles. The largest absolute Gasteiger partial charge is 0.476 e. The number of aromatic nitrogens is 2. The van der Waals surface area contributed by atoms with E-state index in [9.17, 15) is 40.8 Å². The van der Waals surface area contributed by atoms with Crippen molar-refractivity contribution in [3.8, 4) is 11.8 Å². The number of nitrogens with zero attached hydrogens (tertiary/aromatic N) is 3. The summed E-state index contributed by atoms with van der Waals surface area (Å²) in [5.74, 6) is -3.38. The van der Waals surface area contributed by atoms with Crippen LogP contribution in [0.1, 0.15) is 86.5 Å². The predicted molar refractivity (Wildman–Crippen MR) is 204 cm³/mol. The van der Waals surface area contributed by atoms with Gasteiger partial charge in [0, 0.05) is 12.3 Å². The molecule has 7 atom stereocenters. The van der Waals surface area contributed by atoms with Crippen molar-refractivity contribution in [2.24, 2.45) is 17.8 Å². The number of amides is 4. The lowest BCUT2D eigenvalue weighted by Gasteiger charge is -2.34. The van der Waals surface area contributed by atoms with Gasteiger partial charge in [-0.25, -0.2) is 13.2 Å². The number of hydrogen-bond acceptors (Lipinski definition) is 11. The number of alkyl carbamates (subject to hydrolysis) is 1. The Morgan fingerprint density at radius 3 is 2.34 bits per heavy atom. The number of ether oxygens (including phenoxy) is 3. The molecule has 2 aliphatic heterocycles. The third-order valence-corrected chi connectivity index (χ3v) is 13.9. The third-order valence-electron chi connectivity index (χ3n) is 11.7. The second-order valence-corrected chi connectivity index (χ2v) is 19.0. The molecule has 1 aromatic heterocycles. The zero-order valence-corrected chi connectivity index (χ0v) is 34.2. The molecule has 3 fully saturated rings. The quantitative estimate of drug-likeness (QED) is 0.297. The molecule has 6 rings (SSSR count). The molecule has 0 bridgehead atoms. The molecule has 19 heteroatoms. The molecule has 3 N–H and O–H groups in total. The molecular weight excluding hydrogens is 786 g/mol. The number of benzene rings is 1. The molecule has 58 heavy (non-hydrogen) atoms. The number of hydrogen-bond donors (Lipinski definition) is 3. The van der Waals surface area contributed by atoms with Gasteiger partial charge in [-0.3, -0.25) is 19.1 Å². The molecule has 0 radical (unpaired) electrons. The summed E-state index contributed by atoms with van der Waals surface area (Å²) in [7, 11) is -4.08. The molecule has 0 spiro atoms. The lowest BCUT2D eigenvalue weighted by Crippen LogP contribution is -2.59. The van der Waals surface area contributed by atoms with E-state index in [0.29, 0.717) is 63.3 Å². The summed E-state index contributed by atoms with van der Waals surface area (Å²) in [4.78, 5) is 57.5. The van der Waals surface area contributed by atoms with E-state index in [2.05, 4.69) is 25.6 Å². The monoisotopic (exact) mass is 836 g/mol. The van der Waals surface area contributed by atoms with Crippen molar-refractivity contribution in [2.45, 2.75) is 127 Å². The van der Waals surface area contributed by atoms with E-state index in [-0.39, 0.29) is 37.1 Å². The van der Waals surface area contributed by atoms with Gasteiger partial charge in [-0.1, -0.05) is 38.1 Å². The molecule has 1 saturated heterocycles. The highest BCUT2D eigenvalue weighted by Crippen LogP contribution is 2.48. The molecule has 7 unspecified atom stereocenters. The summed E-state index contributed by atoms with van der Waals surface area (Å²) in [6.45, 7) is 8.40. The van der Waals surface area contributed by atoms with E-state index in [1.54, 1.807) is 44.2 Å². The van der Waals surface area contributed by atoms with Crippen LogP contribution in [0, 0.1) is 17.8 Å². The predicted octanol–water partition coefficient (Wildman–Crippen LogP) is 4.70. The van der Waals surface area contributed by atoms with Crippen molar-refractivity contribution < 1.29 is 55.0 Å². The van der Waals surface area contributed by atoms with Gasteiger partial charge >= 0.3 is 12.3 Å². The van der Waals surface area contributed by atoms with Gasteiger partial charge in [0.2, 0.25) is 39.2 Å². The van der Waals surface area contributed by atoms with Crippen LogP contribution in [0.15, 0.2) is 36.4 Å². The normalized spacial score (nSPS) is 28.9. The highest BCUT2D eigenvalue weighted by molar-refractivity contribution is 7.91. The van der Waals surface area contributed by atoms with E-state index in [0.717, 1.165) is 0 Å². The lowest BCUT2D eigenvalue weighted by atomic mass is 9.88. The Kier molecular flexibility index (Phi) is 11.7. The molecule has 4 amide bonds. The fourth-order valence-electron chi connectivity index (χ4n) is 7.59. The Balaban J connectivity index is 1.36. The van der Waals surface area contributed by atoms with Crippen LogP contribution >= 0.6 is 0 Å². The third kappa shape index (κ3) is 8.69. The Morgan fingerprint density at radius 2 is 1.71 bits per heavy atom. The molecule has 4 aliphatic rings. The second-order valence-electron chi connectivity index (χ2n) is 16.8. The first-order valence-electron chi connectivity index (χ1n) is 19.6. The minimum Gasteiger partial charge on any atom is -0.476 e. The van der Waals surface area contributed by atoms with Crippen LogP contribution in [-0.4, -0.2) is 101 Å². The van der Waals surface area contributed by atoms with Crippen LogP contribution in [0.25, 0.3) is 10.8 Å². The van der Waals surface area contributed by atoms with Crippen LogP contribution in [0.2, 0.25) is 0 Å². The fourth-order valence-corrected chi connectivity index (χ4v) is 8.90. The molecule has 3 heterocycles. The minimum absolute atomic E-state index is 0.0436. The Labute approximate surface area is 335 Å². The first kappa shape index (κ1) is 42.9. The van der Waals surface area contributed by atoms with Crippen LogP contribution in [-0.2, 0) is 29.1 Å². The highest BCUT2D eigenvalue weighted by Gasteiger charge is 2.63. The smallest absolute Gasteiger partial charge is 0.427 e. The number of halogens is 3. The lowest BCUT2D eigenvalue weighted by molar-refractivity contribution is -0.244. The van der Waals surface area contributed by atoms with Crippen LogP contribution in [0.3, 0.4) is 0 Å². The van der Waals surface area contributed by atoms with Gasteiger partial charge < -0.3 is 29.7 Å². The number of rotatable bonds is 9. The van der Waals surface area contributed by atoms with Gasteiger partial charge in [0.1, 0.15) is 23.7 Å². The van der Waals surface area contributed by atoms with Gasteiger partial charge in [0.05, 0.1) is 28.7 Å². The van der Waals surface area contributed by atoms with E-state index in [1.165, 1.54) is 11.8 Å². The molecule has 2 aliphatic carbocycles. The summed E-state index contributed by atoms with van der Waals surface area (Å²) < 4.78 is 85.4. The molecule has 1 aromatic carbocycles. The summed E-state index contributed by atoms with van der Waals surface area (Å²) in [6.07, 6.45) is -1.46. The molecule has 318 valence electrons. The number of alkyl halides is 3. The number of carbonyl (C=O) groups excluding carboxylic acids is 4. The summed E-state index contributed by atoms with van der Waals surface area (Å²) in [6, 6.07) is 4.26. The van der Waals surface area contributed by atoms with Crippen LogP contribution in [0.5, 0.6) is 11.8 Å². The van der Waals surface area contributed by atoms with Gasteiger partial charge in [0.15, 0.2) is 0 Å². The van der Waals surface area contributed by atoms with Gasteiger partial charge in [-0.05, 0) is 90.2 Å². The van der Waals surface area contributed by atoms with Gasteiger partial charge in [0.25, 0.3) is 5.91 Å². The number of nitrogens with one attached hydrogen (secondary N) is 3. The first-order chi connectivity index (χ1) is 27.1. The van der Waals surface area contributed by atoms with Crippen LogP contribution < -0.4 is 24.8 Å². The molecule has 15 nitrogen and oxygen atoms in total. The van der Waals surface area contributed by atoms with Gasteiger partial charge in [-0.2, -0.15) is 13.2 Å². The molecular formula is C39H51F3N6O9S. The maximum absolute atomic E-state index is 14.7. The Bertz CT molecular complexity index is 2080. The standard InChI is InChI=1S/C39H51F3N6O9S/c1-7-55-31-26-14-10-11-15-27(26)32(46-45-31)56-25-19-28-30(49)44-38(34(51)47-58(53,54)37(6)16-17-37)20-24(38)13-9-8-12-22(2)18-23(3)29(33(50)48(28)21-25)43-35(52)57-36(4,5)39(40,41)42/h9-11,13-15,22-25,28-29H,7-8,12,16-21H2,1-6H3,(H,43,52)(H,44,49)(H,47,51). The topological polar surface area (TPSA) is 195 Å². The zero-order chi connectivity index (χ0) is 42.4. The maximum Gasteiger partial charge on any atom is 0.427 e. The van der Waals surface area contributed by atoms with Crippen molar-refractivity contribution in [3.05, 3.63) is 36.4 Å². The van der Waals surface area contributed by atoms with Crippen molar-refractivity contribution in [3.63, 3.8) is 0 Å². The average molecular weight is 837 g/mol. The van der Waals surface area contributed by atoms with Crippen molar-refractivity contribution in [1.82, 2.24) is 30.5 Å². The Morgan fingerprint density at radius 1 is 1.05 bits per heavy atom. The first-order valence-corrected chi connectivity index (χ1v) is 21.1. The second kappa shape index (κ2) is 15.8. The van der Waals surface area contributed by atoms with Crippen molar-refractivity contribution in [2.75, 3.05) is 13.2 Å². The van der Waals surface area contributed by atoms with E-state index in [1.807, 2.05) is 13.0 Å².